The molecule has 20 heavy (non-hydrogen) atoms. The van der Waals surface area contributed by atoms with E-state index in [-0.39, 0.29) is 11.6 Å². The number of benzene rings is 2. The molecule has 2 aromatic rings. The lowest BCUT2D eigenvalue weighted by Gasteiger charge is -2.46. The first-order valence-electron chi connectivity index (χ1n) is 6.93. The van der Waals surface area contributed by atoms with Crippen molar-refractivity contribution in [2.24, 2.45) is 5.73 Å². The van der Waals surface area contributed by atoms with Crippen molar-refractivity contribution in [3.63, 3.8) is 0 Å². The third-order valence-corrected chi connectivity index (χ3v) is 5.25. The highest BCUT2D eigenvalue weighted by Gasteiger charge is 2.36. The van der Waals surface area contributed by atoms with Crippen LogP contribution in [0.4, 0.5) is 11.4 Å². The minimum atomic E-state index is -0.146. The molecule has 0 aliphatic carbocycles. The number of fused-ring (bicyclic) bond motifs is 2. The van der Waals surface area contributed by atoms with Crippen LogP contribution in [0.15, 0.2) is 58.3 Å². The Morgan fingerprint density at radius 1 is 0.950 bits per heavy atom. The molecule has 2 N–H and O–H groups in total. The summed E-state index contributed by atoms with van der Waals surface area (Å²) < 4.78 is 0. The molecule has 0 bridgehead atoms. The second kappa shape index (κ2) is 4.83. The summed E-state index contributed by atoms with van der Waals surface area (Å²) in [6.07, 6.45) is 0. The Bertz CT molecular complexity index is 589. The van der Waals surface area contributed by atoms with Crippen LogP contribution in [0.3, 0.4) is 0 Å². The lowest BCUT2D eigenvalue weighted by Crippen LogP contribution is -2.53. The van der Waals surface area contributed by atoms with Gasteiger partial charge in [-0.15, -0.1) is 0 Å². The molecule has 3 heteroatoms. The number of rotatable bonds is 2. The van der Waals surface area contributed by atoms with E-state index in [0.29, 0.717) is 0 Å². The van der Waals surface area contributed by atoms with Gasteiger partial charge in [-0.25, -0.2) is 0 Å². The second-order valence-corrected chi connectivity index (χ2v) is 6.90. The summed E-state index contributed by atoms with van der Waals surface area (Å²) >= 11 is 1.83. The van der Waals surface area contributed by atoms with Gasteiger partial charge in [-0.3, -0.25) is 0 Å². The molecule has 0 fully saturated rings. The smallest absolute Gasteiger partial charge is 0.0558 e. The fourth-order valence-electron chi connectivity index (χ4n) is 2.53. The van der Waals surface area contributed by atoms with E-state index in [1.165, 1.54) is 21.2 Å². The molecule has 0 amide bonds. The zero-order valence-electron chi connectivity index (χ0n) is 12.1. The van der Waals surface area contributed by atoms with Crippen LogP contribution in [0.25, 0.3) is 0 Å². The molecular weight excluding hydrogens is 264 g/mol. The van der Waals surface area contributed by atoms with Crippen LogP contribution in [-0.2, 0) is 0 Å². The van der Waals surface area contributed by atoms with Crippen LogP contribution in [0.2, 0.25) is 0 Å². The molecule has 104 valence electrons. The van der Waals surface area contributed by atoms with Crippen molar-refractivity contribution in [1.29, 1.82) is 0 Å². The number of para-hydroxylation sites is 2. The molecular formula is C17H20N2S. The molecule has 0 saturated heterocycles. The van der Waals surface area contributed by atoms with E-state index in [0.717, 1.165) is 0 Å². The molecule has 0 saturated carbocycles. The van der Waals surface area contributed by atoms with Gasteiger partial charge in [0.05, 0.1) is 16.9 Å². The van der Waals surface area contributed by atoms with Crippen molar-refractivity contribution in [2.45, 2.75) is 42.1 Å². The first-order chi connectivity index (χ1) is 9.51. The summed E-state index contributed by atoms with van der Waals surface area (Å²) in [6, 6.07) is 17.2. The summed E-state index contributed by atoms with van der Waals surface area (Å²) in [5.41, 5.74) is 8.62. The van der Waals surface area contributed by atoms with Crippen LogP contribution >= 0.6 is 11.8 Å². The topological polar surface area (TPSA) is 29.3 Å². The standard InChI is InChI=1S/C17H20N2S/c1-12(18)17(2,3)19-13-8-4-6-10-15(13)20-16-11-7-5-9-14(16)19/h4-12H,18H2,1-3H3. The Morgan fingerprint density at radius 2 is 1.40 bits per heavy atom. The Kier molecular flexibility index (Phi) is 3.27. The number of hydrogen-bond acceptors (Lipinski definition) is 3. The maximum absolute atomic E-state index is 6.27. The van der Waals surface area contributed by atoms with Gasteiger partial charge in [0.1, 0.15) is 0 Å². The van der Waals surface area contributed by atoms with Crippen LogP contribution in [-0.4, -0.2) is 11.6 Å². The molecule has 1 atom stereocenters. The zero-order valence-corrected chi connectivity index (χ0v) is 12.9. The largest absolute Gasteiger partial charge is 0.332 e. The quantitative estimate of drug-likeness (QED) is 0.885. The molecule has 1 aliphatic heterocycles. The molecule has 1 aliphatic rings. The second-order valence-electron chi connectivity index (χ2n) is 5.82. The van der Waals surface area contributed by atoms with Gasteiger partial charge in [0.15, 0.2) is 0 Å². The van der Waals surface area contributed by atoms with E-state index in [9.17, 15) is 0 Å². The predicted molar refractivity (Wildman–Crippen MR) is 86.9 cm³/mol. The van der Waals surface area contributed by atoms with Crippen molar-refractivity contribution in [3.8, 4) is 0 Å². The molecule has 0 radical (unpaired) electrons. The number of anilines is 2. The Labute approximate surface area is 125 Å². The van der Waals surface area contributed by atoms with Crippen LogP contribution in [0, 0.1) is 0 Å². The van der Waals surface area contributed by atoms with E-state index in [4.69, 9.17) is 5.73 Å². The normalized spacial score (nSPS) is 15.5. The van der Waals surface area contributed by atoms with E-state index in [1.54, 1.807) is 0 Å². The van der Waals surface area contributed by atoms with Crippen molar-refractivity contribution in [2.75, 3.05) is 4.90 Å². The Balaban J connectivity index is 2.23. The van der Waals surface area contributed by atoms with Crippen LogP contribution in [0.5, 0.6) is 0 Å². The fraction of sp³-hybridized carbons (Fsp3) is 0.294. The molecule has 0 aromatic heterocycles. The molecule has 1 unspecified atom stereocenters. The Morgan fingerprint density at radius 3 is 1.85 bits per heavy atom. The summed E-state index contributed by atoms with van der Waals surface area (Å²) in [5, 5.41) is 0. The van der Waals surface area contributed by atoms with Gasteiger partial charge in [-0.2, -0.15) is 0 Å². The van der Waals surface area contributed by atoms with E-state index in [2.05, 4.69) is 74.2 Å². The van der Waals surface area contributed by atoms with Gasteiger partial charge in [0, 0.05) is 15.8 Å². The van der Waals surface area contributed by atoms with Gasteiger partial charge in [-0.05, 0) is 45.0 Å². The van der Waals surface area contributed by atoms with E-state index >= 15 is 0 Å². The van der Waals surface area contributed by atoms with Crippen LogP contribution in [0.1, 0.15) is 20.8 Å². The highest BCUT2D eigenvalue weighted by Crippen LogP contribution is 2.50. The molecule has 1 heterocycles. The molecule has 3 rings (SSSR count). The summed E-state index contributed by atoms with van der Waals surface area (Å²) in [4.78, 5) is 4.97. The third kappa shape index (κ3) is 2.02. The lowest BCUT2D eigenvalue weighted by molar-refractivity contribution is 0.420. The maximum Gasteiger partial charge on any atom is 0.0558 e. The molecule has 2 aromatic carbocycles. The Hall–Kier alpha value is -1.45. The average Bonchev–Trinajstić information content (AvgIpc) is 2.44. The van der Waals surface area contributed by atoms with Gasteiger partial charge in [-0.1, -0.05) is 36.0 Å². The highest BCUT2D eigenvalue weighted by molar-refractivity contribution is 7.99. The molecule has 0 spiro atoms. The maximum atomic E-state index is 6.27. The minimum Gasteiger partial charge on any atom is -0.332 e. The van der Waals surface area contributed by atoms with E-state index in [1.807, 2.05) is 11.8 Å². The van der Waals surface area contributed by atoms with Crippen molar-refractivity contribution in [3.05, 3.63) is 48.5 Å². The fourth-order valence-corrected chi connectivity index (χ4v) is 3.59. The minimum absolute atomic E-state index is 0.0618. The lowest BCUT2D eigenvalue weighted by atomic mass is 9.92. The van der Waals surface area contributed by atoms with Gasteiger partial charge in [0.2, 0.25) is 0 Å². The van der Waals surface area contributed by atoms with Crippen LogP contribution < -0.4 is 10.6 Å². The first kappa shape index (κ1) is 13.5. The highest BCUT2D eigenvalue weighted by atomic mass is 32.2. The first-order valence-corrected chi connectivity index (χ1v) is 7.75. The number of nitrogens with two attached hydrogens (primary N) is 1. The number of hydrogen-bond donors (Lipinski definition) is 1. The zero-order chi connectivity index (χ0) is 14.3. The van der Waals surface area contributed by atoms with Gasteiger partial charge >= 0.3 is 0 Å². The summed E-state index contributed by atoms with van der Waals surface area (Å²) in [7, 11) is 0. The summed E-state index contributed by atoms with van der Waals surface area (Å²) in [6.45, 7) is 6.50. The molecule has 2 nitrogen and oxygen atoms in total. The van der Waals surface area contributed by atoms with Crippen molar-refractivity contribution in [1.82, 2.24) is 0 Å². The summed E-state index contributed by atoms with van der Waals surface area (Å²) in [5.74, 6) is 0. The van der Waals surface area contributed by atoms with Gasteiger partial charge < -0.3 is 10.6 Å². The van der Waals surface area contributed by atoms with E-state index < -0.39 is 0 Å². The SMILES string of the molecule is CC(N)C(C)(C)N1c2ccccc2Sc2ccccc21. The number of nitrogens with zero attached hydrogens (tertiary/aromatic N) is 1. The van der Waals surface area contributed by atoms with Crippen molar-refractivity contribution >= 4 is 23.1 Å². The van der Waals surface area contributed by atoms with Gasteiger partial charge in [0.25, 0.3) is 0 Å². The van der Waals surface area contributed by atoms with Crippen molar-refractivity contribution < 1.29 is 0 Å². The predicted octanol–water partition coefficient (Wildman–Crippen LogP) is 4.42. The average molecular weight is 284 g/mol. The monoisotopic (exact) mass is 284 g/mol. The third-order valence-electron chi connectivity index (χ3n) is 4.12.